The molecule has 0 aliphatic carbocycles. The molecule has 1 fully saturated rings. The van der Waals surface area contributed by atoms with Gasteiger partial charge >= 0.3 is 5.97 Å². The Hall–Kier alpha value is -2.42. The number of rotatable bonds is 2. The molecule has 2 aromatic carbocycles. The number of esters is 1. The van der Waals surface area contributed by atoms with Crippen molar-refractivity contribution in [3.05, 3.63) is 76.6 Å². The van der Waals surface area contributed by atoms with Gasteiger partial charge in [0.1, 0.15) is 5.82 Å². The maximum absolute atomic E-state index is 13.5. The molecule has 0 amide bonds. The molecule has 3 rings (SSSR count). The molecule has 106 valence electrons. The second-order valence-corrected chi connectivity index (χ2v) is 5.07. The highest BCUT2D eigenvalue weighted by Crippen LogP contribution is 2.32. The van der Waals surface area contributed by atoms with E-state index in [9.17, 15) is 9.18 Å². The molecule has 0 atom stereocenters. The third kappa shape index (κ3) is 2.59. The Morgan fingerprint density at radius 1 is 1.10 bits per heavy atom. The lowest BCUT2D eigenvalue weighted by Gasteiger charge is -2.12. The van der Waals surface area contributed by atoms with Crippen LogP contribution in [0.2, 0.25) is 0 Å². The highest BCUT2D eigenvalue weighted by molar-refractivity contribution is 6.03. The maximum atomic E-state index is 13.5. The predicted octanol–water partition coefficient (Wildman–Crippen LogP) is 3.88. The predicted molar refractivity (Wildman–Crippen MR) is 79.2 cm³/mol. The fourth-order valence-electron chi connectivity index (χ4n) is 2.58. The van der Waals surface area contributed by atoms with E-state index in [2.05, 4.69) is 0 Å². The molecule has 1 heterocycles. The highest BCUT2D eigenvalue weighted by Gasteiger charge is 2.24. The lowest BCUT2D eigenvalue weighted by Crippen LogP contribution is -2.01. The zero-order chi connectivity index (χ0) is 14.8. The van der Waals surface area contributed by atoms with E-state index in [1.807, 2.05) is 30.3 Å². The van der Waals surface area contributed by atoms with Gasteiger partial charge in [0.25, 0.3) is 0 Å². The van der Waals surface area contributed by atoms with Gasteiger partial charge in [-0.1, -0.05) is 36.4 Å². The van der Waals surface area contributed by atoms with Gasteiger partial charge in [-0.25, -0.2) is 9.18 Å². The van der Waals surface area contributed by atoms with Gasteiger partial charge in [0.2, 0.25) is 0 Å². The third-order valence-electron chi connectivity index (χ3n) is 3.64. The molecular formula is C18H15FO2. The van der Waals surface area contributed by atoms with Crippen LogP contribution >= 0.6 is 0 Å². The molecule has 21 heavy (non-hydrogen) atoms. The van der Waals surface area contributed by atoms with E-state index >= 15 is 0 Å². The molecule has 0 radical (unpaired) electrons. The first-order chi connectivity index (χ1) is 10.2. The van der Waals surface area contributed by atoms with Crippen molar-refractivity contribution in [2.24, 2.45) is 0 Å². The van der Waals surface area contributed by atoms with Crippen LogP contribution in [0.3, 0.4) is 0 Å². The van der Waals surface area contributed by atoms with E-state index in [0.717, 1.165) is 16.7 Å². The average Bonchev–Trinajstić information content (AvgIpc) is 2.90. The third-order valence-corrected chi connectivity index (χ3v) is 3.64. The van der Waals surface area contributed by atoms with E-state index in [1.165, 1.54) is 6.07 Å². The topological polar surface area (TPSA) is 26.3 Å². The first kappa shape index (κ1) is 13.6. The summed E-state index contributed by atoms with van der Waals surface area (Å²) in [6.45, 7) is 2.13. The number of aryl methyl sites for hydroxylation is 1. The Labute approximate surface area is 122 Å². The smallest absolute Gasteiger partial charge is 0.334 e. The van der Waals surface area contributed by atoms with Crippen LogP contribution in [0, 0.1) is 12.7 Å². The Kier molecular flexibility index (Phi) is 3.57. The van der Waals surface area contributed by atoms with Gasteiger partial charge in [0, 0.05) is 12.0 Å². The lowest BCUT2D eigenvalue weighted by atomic mass is 9.91. The van der Waals surface area contributed by atoms with Gasteiger partial charge < -0.3 is 4.74 Å². The standard InChI is InChI=1S/C18H15FO2/c1-12-11-14(7-8-16(12)19)17(13-5-3-2-4-6-13)15-9-10-21-18(15)20/h2-8,11H,9-10H2,1H3/b17-15-. The first-order valence-electron chi connectivity index (χ1n) is 6.89. The molecule has 2 nitrogen and oxygen atoms in total. The summed E-state index contributed by atoms with van der Waals surface area (Å²) in [5, 5.41) is 0. The molecule has 0 N–H and O–H groups in total. The SMILES string of the molecule is Cc1cc(/C(=C2/CCOC2=O)c2ccccc2)ccc1F. The van der Waals surface area contributed by atoms with Crippen molar-refractivity contribution in [3.63, 3.8) is 0 Å². The summed E-state index contributed by atoms with van der Waals surface area (Å²) in [5.41, 5.74) is 3.84. The van der Waals surface area contributed by atoms with Crippen molar-refractivity contribution < 1.29 is 13.9 Å². The second-order valence-electron chi connectivity index (χ2n) is 5.07. The van der Waals surface area contributed by atoms with Gasteiger partial charge in [0.05, 0.1) is 6.61 Å². The van der Waals surface area contributed by atoms with E-state index in [0.29, 0.717) is 24.2 Å². The Morgan fingerprint density at radius 2 is 1.86 bits per heavy atom. The summed E-state index contributed by atoms with van der Waals surface area (Å²) < 4.78 is 18.6. The van der Waals surface area contributed by atoms with Crippen molar-refractivity contribution in [1.29, 1.82) is 0 Å². The van der Waals surface area contributed by atoms with Crippen molar-refractivity contribution in [1.82, 2.24) is 0 Å². The second kappa shape index (κ2) is 5.52. The Bertz CT molecular complexity index is 717. The molecule has 1 saturated heterocycles. The molecular weight excluding hydrogens is 267 g/mol. The van der Waals surface area contributed by atoms with Crippen molar-refractivity contribution >= 4 is 11.5 Å². The van der Waals surface area contributed by atoms with Gasteiger partial charge in [-0.05, 0) is 41.3 Å². The Morgan fingerprint density at radius 3 is 2.48 bits per heavy atom. The monoisotopic (exact) mass is 282 g/mol. The molecule has 0 aromatic heterocycles. The molecule has 2 aromatic rings. The van der Waals surface area contributed by atoms with E-state index in [1.54, 1.807) is 19.1 Å². The van der Waals surface area contributed by atoms with Gasteiger partial charge in [0.15, 0.2) is 0 Å². The molecule has 0 saturated carbocycles. The van der Waals surface area contributed by atoms with Crippen LogP contribution in [-0.2, 0) is 9.53 Å². The number of carbonyl (C=O) groups excluding carboxylic acids is 1. The van der Waals surface area contributed by atoms with Crippen LogP contribution in [0.25, 0.3) is 5.57 Å². The number of carbonyl (C=O) groups is 1. The van der Waals surface area contributed by atoms with Crippen LogP contribution < -0.4 is 0 Å². The number of hydrogen-bond acceptors (Lipinski definition) is 2. The lowest BCUT2D eigenvalue weighted by molar-refractivity contribution is -0.135. The number of halogens is 1. The van der Waals surface area contributed by atoms with Crippen molar-refractivity contribution in [3.8, 4) is 0 Å². The summed E-state index contributed by atoms with van der Waals surface area (Å²) in [7, 11) is 0. The minimum atomic E-state index is -0.282. The average molecular weight is 282 g/mol. The molecule has 0 unspecified atom stereocenters. The fourth-order valence-corrected chi connectivity index (χ4v) is 2.58. The fraction of sp³-hybridized carbons (Fsp3) is 0.167. The van der Waals surface area contributed by atoms with Gasteiger partial charge in [-0.2, -0.15) is 0 Å². The zero-order valence-corrected chi connectivity index (χ0v) is 11.7. The highest BCUT2D eigenvalue weighted by atomic mass is 19.1. The molecule has 0 bridgehead atoms. The summed E-state index contributed by atoms with van der Waals surface area (Å²) in [6, 6.07) is 14.6. The van der Waals surface area contributed by atoms with Gasteiger partial charge in [-0.15, -0.1) is 0 Å². The molecule has 1 aliphatic heterocycles. The summed E-state index contributed by atoms with van der Waals surface area (Å²) in [5.74, 6) is -0.527. The number of hydrogen-bond donors (Lipinski definition) is 0. The Balaban J connectivity index is 2.22. The summed E-state index contributed by atoms with van der Waals surface area (Å²) >= 11 is 0. The molecule has 3 heteroatoms. The number of ether oxygens (including phenoxy) is 1. The van der Waals surface area contributed by atoms with Crippen LogP contribution in [0.5, 0.6) is 0 Å². The summed E-state index contributed by atoms with van der Waals surface area (Å²) in [6.07, 6.45) is 0.583. The van der Waals surface area contributed by atoms with E-state index in [4.69, 9.17) is 4.74 Å². The van der Waals surface area contributed by atoms with Crippen molar-refractivity contribution in [2.45, 2.75) is 13.3 Å². The minimum Gasteiger partial charge on any atom is -0.462 e. The molecule has 1 aliphatic rings. The van der Waals surface area contributed by atoms with Crippen LogP contribution in [-0.4, -0.2) is 12.6 Å². The van der Waals surface area contributed by atoms with E-state index in [-0.39, 0.29) is 11.8 Å². The zero-order valence-electron chi connectivity index (χ0n) is 11.7. The van der Waals surface area contributed by atoms with Crippen LogP contribution in [0.1, 0.15) is 23.1 Å². The largest absolute Gasteiger partial charge is 0.462 e. The maximum Gasteiger partial charge on any atom is 0.334 e. The number of benzene rings is 2. The quantitative estimate of drug-likeness (QED) is 0.617. The van der Waals surface area contributed by atoms with E-state index < -0.39 is 0 Å². The first-order valence-corrected chi connectivity index (χ1v) is 6.89. The normalized spacial score (nSPS) is 16.8. The summed E-state index contributed by atoms with van der Waals surface area (Å²) in [4.78, 5) is 12.0. The van der Waals surface area contributed by atoms with Crippen molar-refractivity contribution in [2.75, 3.05) is 6.61 Å². The number of cyclic esters (lactones) is 1. The van der Waals surface area contributed by atoms with Gasteiger partial charge in [-0.3, -0.25) is 0 Å². The van der Waals surface area contributed by atoms with Crippen LogP contribution in [0.15, 0.2) is 54.1 Å². The molecule has 0 spiro atoms. The van der Waals surface area contributed by atoms with Crippen LogP contribution in [0.4, 0.5) is 4.39 Å². The minimum absolute atomic E-state index is 0.245.